The van der Waals surface area contributed by atoms with Crippen molar-refractivity contribution in [2.75, 3.05) is 0 Å². The van der Waals surface area contributed by atoms with Gasteiger partial charge in [-0.05, 0) is 0 Å². The van der Waals surface area contributed by atoms with Crippen LogP contribution in [-0.2, 0) is 15.3 Å². The van der Waals surface area contributed by atoms with Crippen LogP contribution in [0.2, 0.25) is 23.6 Å². The fraction of sp³-hybridized carbons (Fsp3) is 0.556. The summed E-state index contributed by atoms with van der Waals surface area (Å²) < 4.78 is 1.81. The Morgan fingerprint density at radius 2 is 1.77 bits per heavy atom. The third kappa shape index (κ3) is 3.93. The van der Waals surface area contributed by atoms with Crippen LogP contribution in [0.1, 0.15) is 6.42 Å². The molecule has 0 fully saturated rings. The first-order valence-corrected chi connectivity index (χ1v) is 13.0. The van der Waals surface area contributed by atoms with Gasteiger partial charge >= 0.3 is 73.6 Å². The van der Waals surface area contributed by atoms with E-state index in [1.54, 1.807) is 0 Å². The molecule has 0 unspecified atom stereocenters. The molecule has 0 N–H and O–H groups in total. The van der Waals surface area contributed by atoms with Gasteiger partial charge in [-0.3, -0.25) is 0 Å². The second-order valence-corrected chi connectivity index (χ2v) is 21.9. The zero-order chi connectivity index (χ0) is 8.48. The minimum atomic E-state index is -1.45. The van der Waals surface area contributed by atoms with Crippen LogP contribution in [0.4, 0.5) is 0 Å². The Morgan fingerprint density at radius 1 is 1.23 bits per heavy atom. The molecule has 0 atom stereocenters. The van der Waals surface area contributed by atoms with E-state index in [-0.39, 0.29) is 31.0 Å². The van der Waals surface area contributed by atoms with Crippen LogP contribution >= 0.6 is 24.8 Å². The molecule has 0 radical (unpaired) electrons. The van der Waals surface area contributed by atoms with E-state index in [9.17, 15) is 0 Å². The van der Waals surface area contributed by atoms with Gasteiger partial charge < -0.3 is 0 Å². The predicted octanol–water partition coefficient (Wildman–Crippen LogP) is 4.18. The number of allylic oxidation sites excluding steroid dienone is 4. The van der Waals surface area contributed by atoms with Gasteiger partial charge in [0, 0.05) is 0 Å². The zero-order valence-electron chi connectivity index (χ0n) is 8.76. The first-order chi connectivity index (χ1) is 5.05. The van der Waals surface area contributed by atoms with Crippen LogP contribution in [0.25, 0.3) is 0 Å². The fourth-order valence-electron chi connectivity index (χ4n) is 1.23. The first kappa shape index (κ1) is 16.4. The van der Waals surface area contributed by atoms with Crippen molar-refractivity contribution in [1.29, 1.82) is 0 Å². The molecule has 1 aliphatic carbocycles. The Kier molecular flexibility index (Phi) is 8.17. The van der Waals surface area contributed by atoms with Crippen molar-refractivity contribution in [3.8, 4) is 0 Å². The fourth-order valence-corrected chi connectivity index (χ4v) is 7.43. The molecule has 0 heterocycles. The smallest absolute Gasteiger partial charge is 0.147 e. The average molecular weight is 274 g/mol. The Morgan fingerprint density at radius 3 is 2.08 bits per heavy atom. The van der Waals surface area contributed by atoms with E-state index >= 15 is 0 Å². The summed E-state index contributed by atoms with van der Waals surface area (Å²) in [7, 11) is 0. The van der Waals surface area contributed by atoms with Gasteiger partial charge in [-0.25, -0.2) is 0 Å². The maximum absolute atomic E-state index is 2.56. The summed E-state index contributed by atoms with van der Waals surface area (Å²) in [6, 6.07) is 0. The average Bonchev–Trinajstić information content (AvgIpc) is 2.37. The predicted molar refractivity (Wildman–Crippen MR) is 65.5 cm³/mol. The van der Waals surface area contributed by atoms with Crippen molar-refractivity contribution < 1.29 is 15.3 Å². The molecule has 0 aromatic rings. The molecule has 0 aliphatic heterocycles. The normalized spacial score (nSPS) is 14.3. The molecule has 77 valence electrons. The summed E-state index contributed by atoms with van der Waals surface area (Å²) in [6.45, 7) is 4.95. The van der Waals surface area contributed by atoms with Gasteiger partial charge in [0.1, 0.15) is 0 Å². The van der Waals surface area contributed by atoms with Crippen molar-refractivity contribution >= 4 is 31.0 Å². The van der Waals surface area contributed by atoms with Gasteiger partial charge in [0.05, 0.1) is 0 Å². The molecule has 1 rings (SSSR count). The molecule has 0 aromatic heterocycles. The molecular formula is C9H19Cl2SiTi. The molecule has 0 bridgehead atoms. The second kappa shape index (κ2) is 6.47. The van der Waals surface area contributed by atoms with Gasteiger partial charge in [0.25, 0.3) is 0 Å². The molecular weight excluding hydrogens is 255 g/mol. The van der Waals surface area contributed by atoms with Crippen molar-refractivity contribution in [2.45, 2.75) is 30.0 Å². The molecule has 0 saturated heterocycles. The second-order valence-electron chi connectivity index (χ2n) is 3.95. The molecule has 0 amide bonds. The van der Waals surface area contributed by atoms with E-state index in [0.29, 0.717) is 0 Å². The topological polar surface area (TPSA) is 0 Å². The summed E-state index contributed by atoms with van der Waals surface area (Å²) in [5.74, 6) is 0. The Balaban J connectivity index is 0. The molecule has 0 saturated carbocycles. The largest absolute Gasteiger partial charge is 0.147 e. The minimum absolute atomic E-state index is 0. The third-order valence-corrected chi connectivity index (χ3v) is 21.4. The van der Waals surface area contributed by atoms with Gasteiger partial charge in [-0.1, -0.05) is 0 Å². The van der Waals surface area contributed by atoms with E-state index in [4.69, 9.17) is 0 Å². The summed E-state index contributed by atoms with van der Waals surface area (Å²) >= 11 is -1.45. The monoisotopic (exact) mass is 273 g/mol. The van der Waals surface area contributed by atoms with Crippen molar-refractivity contribution in [3.63, 3.8) is 0 Å². The molecule has 13 heavy (non-hydrogen) atoms. The Hall–Kier alpha value is 0.991. The molecule has 4 heteroatoms. The first-order valence-electron chi connectivity index (χ1n) is 4.22. The summed E-state index contributed by atoms with van der Waals surface area (Å²) in [5.41, 5.74) is 0. The van der Waals surface area contributed by atoms with Crippen molar-refractivity contribution in [2.24, 2.45) is 0 Å². The molecule has 1 aliphatic rings. The number of hydrogen-bond donors (Lipinski definition) is 0. The van der Waals surface area contributed by atoms with Gasteiger partial charge in [0.15, 0.2) is 0 Å². The summed E-state index contributed by atoms with van der Waals surface area (Å²) in [4.78, 5) is 0. The number of rotatable bonds is 1. The molecule has 0 aromatic carbocycles. The summed E-state index contributed by atoms with van der Waals surface area (Å²) in [6.07, 6.45) is 8.15. The standard InChI is InChI=1S/C5H5.C2H6Si.2CH3.2ClH.Ti/c1-2-4-5-3-1;1-3-2;;;;;/h1-3H,4H2;1-2H3;2*1H3;2*1H;. The Labute approximate surface area is 97.9 Å². The quantitative estimate of drug-likeness (QED) is 0.629. The van der Waals surface area contributed by atoms with E-state index < -0.39 is 15.3 Å². The van der Waals surface area contributed by atoms with Crippen LogP contribution in [0.5, 0.6) is 0 Å². The summed E-state index contributed by atoms with van der Waals surface area (Å²) in [5, 5.41) is 5.13. The SMILES string of the molecule is C[Si](C)=[Ti]([CH3])([CH3])[C]1=CC=CC1.Cl.Cl. The van der Waals surface area contributed by atoms with Crippen LogP contribution < -0.4 is 0 Å². The third-order valence-electron chi connectivity index (χ3n) is 2.82. The number of hydrogen-bond acceptors (Lipinski definition) is 0. The van der Waals surface area contributed by atoms with Crippen molar-refractivity contribution in [3.05, 3.63) is 22.1 Å². The van der Waals surface area contributed by atoms with Crippen LogP contribution in [-0.4, -0.2) is 6.19 Å². The maximum atomic E-state index is 2.56. The maximum Gasteiger partial charge on any atom is -0.147 e. The minimum Gasteiger partial charge on any atom is -0.147 e. The molecule has 0 nitrogen and oxygen atoms in total. The van der Waals surface area contributed by atoms with E-state index in [2.05, 4.69) is 41.8 Å². The van der Waals surface area contributed by atoms with Crippen LogP contribution in [0.15, 0.2) is 22.1 Å². The van der Waals surface area contributed by atoms with E-state index in [1.807, 2.05) is 3.88 Å². The Bertz CT molecular complexity index is 269. The van der Waals surface area contributed by atoms with Crippen LogP contribution in [0.3, 0.4) is 0 Å². The van der Waals surface area contributed by atoms with E-state index in [1.165, 1.54) is 6.42 Å². The number of halogens is 2. The van der Waals surface area contributed by atoms with Crippen molar-refractivity contribution in [1.82, 2.24) is 0 Å². The van der Waals surface area contributed by atoms with E-state index in [0.717, 1.165) is 0 Å². The van der Waals surface area contributed by atoms with Gasteiger partial charge in [-0.2, -0.15) is 0 Å². The van der Waals surface area contributed by atoms with Gasteiger partial charge in [0.2, 0.25) is 0 Å². The molecule has 0 spiro atoms. The van der Waals surface area contributed by atoms with Gasteiger partial charge in [-0.15, -0.1) is 24.8 Å². The zero-order valence-corrected chi connectivity index (χ0v) is 13.0. The van der Waals surface area contributed by atoms with Crippen LogP contribution in [0, 0.1) is 0 Å².